The number of alkyl carbamates (subject to hydrolysis) is 1. The molecule has 1 aromatic rings. The van der Waals surface area contributed by atoms with E-state index in [0.29, 0.717) is 25.5 Å². The van der Waals surface area contributed by atoms with E-state index in [9.17, 15) is 19.5 Å². The number of aliphatic hydroxyl groups excluding tert-OH is 1. The van der Waals surface area contributed by atoms with E-state index < -0.39 is 34.9 Å². The summed E-state index contributed by atoms with van der Waals surface area (Å²) in [6.07, 6.45) is 0.179. The normalized spacial score (nSPS) is 25.1. The highest BCUT2D eigenvalue weighted by molar-refractivity contribution is 8.00. The van der Waals surface area contributed by atoms with E-state index in [2.05, 4.69) is 5.32 Å². The molecule has 3 aliphatic rings. The zero-order valence-electron chi connectivity index (χ0n) is 20.5. The number of carbonyl (C=O) groups excluding carboxylic acids is 3. The molecule has 1 aliphatic carbocycles. The quantitative estimate of drug-likeness (QED) is 0.554. The zero-order chi connectivity index (χ0) is 25.2. The summed E-state index contributed by atoms with van der Waals surface area (Å²) in [5, 5.41) is 13.9. The SMILES string of the molecule is CN(C(=O)[C@H]1N(C(=O)[C@@H](O)[C@H](Cc2ccccc2)NC(=O)O[C@H]2CCOC2)CSC1(C)C)C1CC1. The van der Waals surface area contributed by atoms with Crippen molar-refractivity contribution in [2.24, 2.45) is 0 Å². The van der Waals surface area contributed by atoms with Crippen LogP contribution in [0.1, 0.15) is 38.7 Å². The van der Waals surface area contributed by atoms with Crippen molar-refractivity contribution >= 4 is 29.7 Å². The van der Waals surface area contributed by atoms with Crippen molar-refractivity contribution in [3.63, 3.8) is 0 Å². The Morgan fingerprint density at radius 2 is 1.97 bits per heavy atom. The fourth-order valence-corrected chi connectivity index (χ4v) is 5.75. The molecule has 4 atom stereocenters. The molecule has 3 amide bonds. The number of nitrogens with zero attached hydrogens (tertiary/aromatic N) is 2. The van der Waals surface area contributed by atoms with Crippen molar-refractivity contribution in [1.29, 1.82) is 0 Å². The van der Waals surface area contributed by atoms with Gasteiger partial charge in [-0.3, -0.25) is 9.59 Å². The Balaban J connectivity index is 1.50. The number of thioether (sulfide) groups is 1. The van der Waals surface area contributed by atoms with E-state index >= 15 is 0 Å². The number of ether oxygens (including phenoxy) is 2. The largest absolute Gasteiger partial charge is 0.444 e. The third-order valence-electron chi connectivity index (χ3n) is 6.90. The first-order valence-corrected chi connectivity index (χ1v) is 13.1. The monoisotopic (exact) mass is 505 g/mol. The standard InChI is InChI=1S/C25H35N3O6S/c1-25(2)21(23(31)27(3)17-9-10-17)28(15-35-25)22(30)20(29)19(13-16-7-5-4-6-8-16)26-24(32)34-18-11-12-33-14-18/h4-8,17-21,29H,9-15H2,1-3H3,(H,26,32)/t18-,19-,20-,21+/m0/s1. The van der Waals surface area contributed by atoms with E-state index in [1.165, 1.54) is 16.7 Å². The van der Waals surface area contributed by atoms with Gasteiger partial charge in [-0.25, -0.2) is 4.79 Å². The topological polar surface area (TPSA) is 108 Å². The molecule has 2 saturated heterocycles. The summed E-state index contributed by atoms with van der Waals surface area (Å²) in [7, 11) is 1.78. The molecule has 10 heteroatoms. The Labute approximate surface area is 210 Å². The number of nitrogens with one attached hydrogen (secondary N) is 1. The van der Waals surface area contributed by atoms with E-state index in [4.69, 9.17) is 9.47 Å². The van der Waals surface area contributed by atoms with Crippen molar-refractivity contribution < 1.29 is 29.0 Å². The van der Waals surface area contributed by atoms with Crippen molar-refractivity contribution in [2.45, 2.75) is 74.6 Å². The summed E-state index contributed by atoms with van der Waals surface area (Å²) in [5.41, 5.74) is 0.853. The Morgan fingerprint density at radius 3 is 2.60 bits per heavy atom. The lowest BCUT2D eigenvalue weighted by Crippen LogP contribution is -2.59. The molecule has 2 aliphatic heterocycles. The van der Waals surface area contributed by atoms with Crippen LogP contribution in [0.3, 0.4) is 0 Å². The van der Waals surface area contributed by atoms with E-state index in [1.807, 2.05) is 44.2 Å². The smallest absolute Gasteiger partial charge is 0.407 e. The van der Waals surface area contributed by atoms with Crippen LogP contribution in [-0.4, -0.2) is 94.0 Å². The molecule has 0 aromatic heterocycles. The molecule has 1 aromatic carbocycles. The highest BCUT2D eigenvalue weighted by Crippen LogP contribution is 2.41. The molecule has 0 unspecified atom stereocenters. The van der Waals surface area contributed by atoms with E-state index in [1.54, 1.807) is 11.9 Å². The van der Waals surface area contributed by atoms with Gasteiger partial charge < -0.3 is 29.7 Å². The second-order valence-corrected chi connectivity index (χ2v) is 11.6. The van der Waals surface area contributed by atoms with Crippen LogP contribution >= 0.6 is 11.8 Å². The number of aliphatic hydroxyl groups is 1. The summed E-state index contributed by atoms with van der Waals surface area (Å²) in [4.78, 5) is 42.7. The molecule has 1 saturated carbocycles. The van der Waals surface area contributed by atoms with Crippen molar-refractivity contribution in [2.75, 3.05) is 26.1 Å². The van der Waals surface area contributed by atoms with Crippen LogP contribution in [0.5, 0.6) is 0 Å². The maximum absolute atomic E-state index is 13.6. The van der Waals surface area contributed by atoms with Crippen LogP contribution in [0, 0.1) is 0 Å². The fourth-order valence-electron chi connectivity index (χ4n) is 4.62. The molecular weight excluding hydrogens is 470 g/mol. The van der Waals surface area contributed by atoms with Gasteiger partial charge in [-0.15, -0.1) is 11.8 Å². The molecule has 2 heterocycles. The second kappa shape index (κ2) is 10.8. The number of benzene rings is 1. The molecule has 3 fully saturated rings. The van der Waals surface area contributed by atoms with Crippen molar-refractivity contribution in [1.82, 2.24) is 15.1 Å². The third-order valence-corrected chi connectivity index (χ3v) is 8.28. The van der Waals surface area contributed by atoms with Gasteiger partial charge in [0, 0.05) is 24.3 Å². The summed E-state index contributed by atoms with van der Waals surface area (Å²) in [5.74, 6) is -0.396. The average Bonchev–Trinajstić information content (AvgIpc) is 3.47. The zero-order valence-corrected chi connectivity index (χ0v) is 21.3. The predicted molar refractivity (Wildman–Crippen MR) is 132 cm³/mol. The summed E-state index contributed by atoms with van der Waals surface area (Å²) >= 11 is 1.51. The minimum atomic E-state index is -1.54. The Morgan fingerprint density at radius 1 is 1.26 bits per heavy atom. The first kappa shape index (κ1) is 25.8. The van der Waals surface area contributed by atoms with E-state index in [-0.39, 0.29) is 24.5 Å². The number of rotatable bonds is 8. The molecule has 2 N–H and O–H groups in total. The molecule has 192 valence electrons. The van der Waals surface area contributed by atoms with Gasteiger partial charge in [0.25, 0.3) is 5.91 Å². The lowest BCUT2D eigenvalue weighted by Gasteiger charge is -2.35. The maximum atomic E-state index is 13.6. The second-order valence-electron chi connectivity index (χ2n) is 10.0. The van der Waals surface area contributed by atoms with Crippen LogP contribution in [-0.2, 0) is 25.5 Å². The fraction of sp³-hybridized carbons (Fsp3) is 0.640. The van der Waals surface area contributed by atoms with Crippen molar-refractivity contribution in [3.05, 3.63) is 35.9 Å². The van der Waals surface area contributed by atoms with Gasteiger partial charge in [0.05, 0.1) is 25.1 Å². The van der Waals surface area contributed by atoms with Gasteiger partial charge in [0.1, 0.15) is 12.1 Å². The molecule has 0 spiro atoms. The summed E-state index contributed by atoms with van der Waals surface area (Å²) in [6.45, 7) is 4.75. The van der Waals surface area contributed by atoms with Gasteiger partial charge in [0.2, 0.25) is 5.91 Å². The molecule has 9 nitrogen and oxygen atoms in total. The minimum Gasteiger partial charge on any atom is -0.444 e. The minimum absolute atomic E-state index is 0.115. The van der Waals surface area contributed by atoms with Gasteiger partial charge >= 0.3 is 6.09 Å². The lowest BCUT2D eigenvalue weighted by atomic mass is 9.97. The molecular formula is C25H35N3O6S. The number of carbonyl (C=O) groups is 3. The number of likely N-dealkylation sites (N-methyl/N-ethyl adjacent to an activating group) is 1. The Kier molecular flexibility index (Phi) is 7.92. The van der Waals surface area contributed by atoms with Crippen molar-refractivity contribution in [3.8, 4) is 0 Å². The number of amides is 3. The molecule has 0 radical (unpaired) electrons. The number of hydrogen-bond acceptors (Lipinski definition) is 7. The van der Waals surface area contributed by atoms with E-state index in [0.717, 1.165) is 18.4 Å². The predicted octanol–water partition coefficient (Wildman–Crippen LogP) is 1.77. The Bertz CT molecular complexity index is 919. The average molecular weight is 506 g/mol. The summed E-state index contributed by atoms with van der Waals surface area (Å²) < 4.78 is 10.2. The molecule has 0 bridgehead atoms. The van der Waals surface area contributed by atoms with Crippen LogP contribution in [0.15, 0.2) is 30.3 Å². The highest BCUT2D eigenvalue weighted by Gasteiger charge is 2.51. The third kappa shape index (κ3) is 6.10. The Hall–Kier alpha value is -2.30. The first-order valence-electron chi connectivity index (χ1n) is 12.2. The highest BCUT2D eigenvalue weighted by atomic mass is 32.2. The van der Waals surface area contributed by atoms with Crippen LogP contribution < -0.4 is 5.32 Å². The van der Waals surface area contributed by atoms with Crippen LogP contribution in [0.4, 0.5) is 4.79 Å². The van der Waals surface area contributed by atoms with Gasteiger partial charge in [-0.2, -0.15) is 0 Å². The molecule has 4 rings (SSSR count). The van der Waals surface area contributed by atoms with Crippen LogP contribution in [0.25, 0.3) is 0 Å². The van der Waals surface area contributed by atoms with Gasteiger partial charge in [-0.05, 0) is 38.7 Å². The molecule has 35 heavy (non-hydrogen) atoms. The maximum Gasteiger partial charge on any atom is 0.407 e. The number of hydrogen-bond donors (Lipinski definition) is 2. The van der Waals surface area contributed by atoms with Crippen LogP contribution in [0.2, 0.25) is 0 Å². The first-order chi connectivity index (χ1) is 16.7. The van der Waals surface area contributed by atoms with Gasteiger partial charge in [-0.1, -0.05) is 30.3 Å². The van der Waals surface area contributed by atoms with Gasteiger partial charge in [0.15, 0.2) is 6.10 Å². The lowest BCUT2D eigenvalue weighted by molar-refractivity contribution is -0.150. The summed E-state index contributed by atoms with van der Waals surface area (Å²) in [6, 6.07) is 7.92.